The van der Waals surface area contributed by atoms with E-state index in [2.05, 4.69) is 21.2 Å². The first-order valence-corrected chi connectivity index (χ1v) is 7.19. The van der Waals surface area contributed by atoms with Gasteiger partial charge in [-0.05, 0) is 43.3 Å². The molecule has 0 aliphatic rings. The van der Waals surface area contributed by atoms with Gasteiger partial charge in [0.2, 0.25) is 0 Å². The summed E-state index contributed by atoms with van der Waals surface area (Å²) < 4.78 is 0.933. The average molecular weight is 344 g/mol. The molecule has 21 heavy (non-hydrogen) atoms. The van der Waals surface area contributed by atoms with E-state index >= 15 is 0 Å². The number of benzene rings is 2. The van der Waals surface area contributed by atoms with E-state index < -0.39 is 0 Å². The molecule has 0 heterocycles. The van der Waals surface area contributed by atoms with Crippen molar-refractivity contribution in [3.63, 3.8) is 0 Å². The van der Waals surface area contributed by atoms with Gasteiger partial charge in [0.25, 0.3) is 0 Å². The van der Waals surface area contributed by atoms with Crippen LogP contribution in [0.2, 0.25) is 0 Å². The Morgan fingerprint density at radius 2 is 1.76 bits per heavy atom. The van der Waals surface area contributed by atoms with Crippen LogP contribution in [0.1, 0.15) is 27.6 Å². The van der Waals surface area contributed by atoms with Gasteiger partial charge in [-0.25, -0.2) is 0 Å². The zero-order valence-corrected chi connectivity index (χ0v) is 13.1. The van der Waals surface area contributed by atoms with Crippen LogP contribution in [0.5, 0.6) is 0 Å². The Hall–Kier alpha value is -2.20. The fraction of sp³-hybridized carbons (Fsp3) is 0.0588. The number of Topliss-reactive ketones (excluding diaryl/α,β-unsaturated/α-hetero) is 1. The number of carbonyl (C=O) groups excluding carboxylic acids is 2. The highest BCUT2D eigenvalue weighted by Gasteiger charge is 2.01. The Bertz CT molecular complexity index is 690. The quantitative estimate of drug-likeness (QED) is 0.643. The number of rotatable bonds is 5. The molecule has 0 radical (unpaired) electrons. The Labute approximate surface area is 131 Å². The van der Waals surface area contributed by atoms with Crippen LogP contribution in [0.25, 0.3) is 0 Å². The van der Waals surface area contributed by atoms with Crippen molar-refractivity contribution in [3.05, 3.63) is 76.4 Å². The molecule has 106 valence electrons. The average Bonchev–Trinajstić information content (AvgIpc) is 2.48. The standard InChI is InChI=1S/C17H14BrNO2/c1-12(20)14-3-2-4-16(11-14)19-10-9-17(21)13-5-7-15(18)8-6-13/h2-11,19H,1H3/b10-9+. The molecule has 0 unspecified atom stereocenters. The predicted molar refractivity (Wildman–Crippen MR) is 87.7 cm³/mol. The molecule has 1 N–H and O–H groups in total. The minimum Gasteiger partial charge on any atom is -0.362 e. The SMILES string of the molecule is CC(=O)c1cccc(N/C=C/C(=O)c2ccc(Br)cc2)c1. The normalized spacial score (nSPS) is 10.6. The van der Waals surface area contributed by atoms with Gasteiger partial charge in [-0.3, -0.25) is 9.59 Å². The third-order valence-corrected chi connectivity index (χ3v) is 3.41. The number of ketones is 2. The lowest BCUT2D eigenvalue weighted by Gasteiger charge is -2.02. The number of anilines is 1. The van der Waals surface area contributed by atoms with Crippen molar-refractivity contribution in [3.8, 4) is 0 Å². The summed E-state index contributed by atoms with van der Waals surface area (Å²) in [6.07, 6.45) is 3.04. The van der Waals surface area contributed by atoms with Crippen LogP contribution in [0.4, 0.5) is 5.69 Å². The zero-order chi connectivity index (χ0) is 15.2. The van der Waals surface area contributed by atoms with Crippen molar-refractivity contribution in [1.29, 1.82) is 0 Å². The van der Waals surface area contributed by atoms with Crippen LogP contribution in [0.15, 0.2) is 65.3 Å². The molecule has 0 atom stereocenters. The fourth-order valence-electron chi connectivity index (χ4n) is 1.75. The van der Waals surface area contributed by atoms with E-state index in [1.165, 1.54) is 13.0 Å². The van der Waals surface area contributed by atoms with Crippen molar-refractivity contribution in [2.24, 2.45) is 0 Å². The number of halogens is 1. The molecule has 2 rings (SSSR count). The molecular weight excluding hydrogens is 330 g/mol. The summed E-state index contributed by atoms with van der Waals surface area (Å²) >= 11 is 3.33. The van der Waals surface area contributed by atoms with Gasteiger partial charge in [0.1, 0.15) is 0 Å². The summed E-state index contributed by atoms with van der Waals surface area (Å²) in [4.78, 5) is 23.2. The van der Waals surface area contributed by atoms with Crippen LogP contribution in [0.3, 0.4) is 0 Å². The zero-order valence-electron chi connectivity index (χ0n) is 11.5. The number of allylic oxidation sites excluding steroid dienone is 1. The van der Waals surface area contributed by atoms with Gasteiger partial charge < -0.3 is 5.32 Å². The van der Waals surface area contributed by atoms with Crippen molar-refractivity contribution in [2.75, 3.05) is 5.32 Å². The molecule has 0 bridgehead atoms. The molecular formula is C17H14BrNO2. The van der Waals surface area contributed by atoms with Crippen LogP contribution in [0, 0.1) is 0 Å². The fourth-order valence-corrected chi connectivity index (χ4v) is 2.02. The highest BCUT2D eigenvalue weighted by molar-refractivity contribution is 9.10. The van der Waals surface area contributed by atoms with Gasteiger partial charge in [0.05, 0.1) is 0 Å². The van der Waals surface area contributed by atoms with E-state index in [1.54, 1.807) is 36.5 Å². The maximum absolute atomic E-state index is 11.9. The van der Waals surface area contributed by atoms with E-state index in [9.17, 15) is 9.59 Å². The Morgan fingerprint density at radius 3 is 2.43 bits per heavy atom. The second kappa shape index (κ2) is 6.99. The molecule has 3 nitrogen and oxygen atoms in total. The summed E-state index contributed by atoms with van der Waals surface area (Å²) in [5, 5.41) is 2.99. The van der Waals surface area contributed by atoms with E-state index in [0.717, 1.165) is 10.2 Å². The lowest BCUT2D eigenvalue weighted by Crippen LogP contribution is -1.97. The van der Waals surface area contributed by atoms with Crippen LogP contribution < -0.4 is 5.32 Å². The van der Waals surface area contributed by atoms with Gasteiger partial charge in [-0.15, -0.1) is 0 Å². The molecule has 0 aromatic heterocycles. The predicted octanol–water partition coefficient (Wildman–Crippen LogP) is 4.46. The van der Waals surface area contributed by atoms with Crippen LogP contribution in [-0.4, -0.2) is 11.6 Å². The topological polar surface area (TPSA) is 46.2 Å². The van der Waals surface area contributed by atoms with Crippen LogP contribution >= 0.6 is 15.9 Å². The molecule has 0 fully saturated rings. The molecule has 0 saturated heterocycles. The van der Waals surface area contributed by atoms with E-state index in [0.29, 0.717) is 11.1 Å². The molecule has 2 aromatic rings. The van der Waals surface area contributed by atoms with Crippen molar-refractivity contribution < 1.29 is 9.59 Å². The summed E-state index contributed by atoms with van der Waals surface area (Å²) in [6, 6.07) is 14.3. The lowest BCUT2D eigenvalue weighted by atomic mass is 10.1. The molecule has 0 aliphatic heterocycles. The molecule has 0 amide bonds. The number of hydrogen-bond donors (Lipinski definition) is 1. The minimum absolute atomic E-state index is 0.00793. The Morgan fingerprint density at radius 1 is 1.05 bits per heavy atom. The summed E-state index contributed by atoms with van der Waals surface area (Å²) in [7, 11) is 0. The van der Waals surface area contributed by atoms with Gasteiger partial charge in [0.15, 0.2) is 11.6 Å². The summed E-state index contributed by atoms with van der Waals surface area (Å²) in [5.74, 6) is -0.0775. The molecule has 0 saturated carbocycles. The minimum atomic E-state index is -0.0854. The first-order chi connectivity index (χ1) is 10.1. The van der Waals surface area contributed by atoms with Gasteiger partial charge >= 0.3 is 0 Å². The highest BCUT2D eigenvalue weighted by atomic mass is 79.9. The molecule has 4 heteroatoms. The Balaban J connectivity index is 2.02. The van der Waals surface area contributed by atoms with Crippen molar-refractivity contribution in [1.82, 2.24) is 0 Å². The first-order valence-electron chi connectivity index (χ1n) is 6.40. The number of carbonyl (C=O) groups is 2. The van der Waals surface area contributed by atoms with Crippen LogP contribution in [-0.2, 0) is 0 Å². The summed E-state index contributed by atoms with van der Waals surface area (Å²) in [6.45, 7) is 1.52. The highest BCUT2D eigenvalue weighted by Crippen LogP contribution is 2.13. The second-order valence-corrected chi connectivity index (χ2v) is 5.40. The maximum Gasteiger partial charge on any atom is 0.187 e. The third-order valence-electron chi connectivity index (χ3n) is 2.88. The second-order valence-electron chi connectivity index (χ2n) is 4.49. The lowest BCUT2D eigenvalue weighted by molar-refractivity contribution is 0.101. The third kappa shape index (κ3) is 4.39. The van der Waals surface area contributed by atoms with E-state index in [4.69, 9.17) is 0 Å². The summed E-state index contributed by atoms with van der Waals surface area (Å²) in [5.41, 5.74) is 2.02. The van der Waals surface area contributed by atoms with Gasteiger partial charge in [0, 0.05) is 33.6 Å². The number of nitrogens with one attached hydrogen (secondary N) is 1. The first kappa shape index (κ1) is 15.2. The van der Waals surface area contributed by atoms with Gasteiger partial charge in [-0.1, -0.05) is 28.1 Å². The largest absolute Gasteiger partial charge is 0.362 e. The molecule has 2 aromatic carbocycles. The van der Waals surface area contributed by atoms with E-state index in [1.807, 2.05) is 18.2 Å². The van der Waals surface area contributed by atoms with Crippen molar-refractivity contribution >= 4 is 33.2 Å². The van der Waals surface area contributed by atoms with E-state index in [-0.39, 0.29) is 11.6 Å². The van der Waals surface area contributed by atoms with Gasteiger partial charge in [-0.2, -0.15) is 0 Å². The van der Waals surface area contributed by atoms with Crippen molar-refractivity contribution in [2.45, 2.75) is 6.92 Å². The Kier molecular flexibility index (Phi) is 5.06. The smallest absolute Gasteiger partial charge is 0.187 e. The molecule has 0 spiro atoms. The number of hydrogen-bond acceptors (Lipinski definition) is 3. The molecule has 0 aliphatic carbocycles. The maximum atomic E-state index is 11.9. The monoisotopic (exact) mass is 343 g/mol.